The molecule has 0 bridgehead atoms. The van der Waals surface area contributed by atoms with Gasteiger partial charge in [-0.1, -0.05) is 36.5 Å². The highest BCUT2D eigenvalue weighted by atomic mass is 17.1. The fraction of sp³-hybridized carbons (Fsp3) is 0.400. The number of allylic oxidation sites excluding steroid dienone is 5. The van der Waals surface area contributed by atoms with Gasteiger partial charge in [-0.05, 0) is 20.3 Å². The molecule has 1 unspecified atom stereocenters. The molecule has 0 saturated heterocycles. The molecule has 0 spiro atoms. The molecule has 0 rings (SSSR count). The van der Waals surface area contributed by atoms with Crippen molar-refractivity contribution in [2.45, 2.75) is 26.4 Å². The molecule has 1 atom stereocenters. The molecular weight excluding hydrogens is 152 g/mol. The predicted molar refractivity (Wildman–Crippen MR) is 50.9 cm³/mol. The van der Waals surface area contributed by atoms with Gasteiger partial charge in [0.2, 0.25) is 0 Å². The smallest absolute Gasteiger partial charge is 0.108 e. The molecule has 0 amide bonds. The van der Waals surface area contributed by atoms with E-state index >= 15 is 0 Å². The van der Waals surface area contributed by atoms with Gasteiger partial charge in [-0.15, -0.1) is 0 Å². The molecule has 0 aromatic carbocycles. The largest absolute Gasteiger partial charge is 0.251 e. The summed E-state index contributed by atoms with van der Waals surface area (Å²) in [7, 11) is 0. The van der Waals surface area contributed by atoms with Crippen LogP contribution in [-0.2, 0) is 4.89 Å². The zero-order chi connectivity index (χ0) is 9.23. The maximum absolute atomic E-state index is 8.19. The van der Waals surface area contributed by atoms with Crippen LogP contribution in [0.3, 0.4) is 0 Å². The first kappa shape index (κ1) is 11.1. The van der Waals surface area contributed by atoms with Crippen molar-refractivity contribution in [1.82, 2.24) is 0 Å². The minimum atomic E-state index is -0.239. The molecule has 1 N–H and O–H groups in total. The van der Waals surface area contributed by atoms with E-state index in [2.05, 4.69) is 11.0 Å². The fourth-order valence-electron chi connectivity index (χ4n) is 0.628. The van der Waals surface area contributed by atoms with Crippen LogP contribution in [0.15, 0.2) is 36.5 Å². The molecule has 0 aromatic heterocycles. The summed E-state index contributed by atoms with van der Waals surface area (Å²) in [5, 5.41) is 8.19. The van der Waals surface area contributed by atoms with Gasteiger partial charge < -0.3 is 0 Å². The second kappa shape index (κ2) is 8.24. The monoisotopic (exact) mass is 168 g/mol. The van der Waals surface area contributed by atoms with Gasteiger partial charge in [0.05, 0.1) is 0 Å². The second-order valence-electron chi connectivity index (χ2n) is 2.43. The van der Waals surface area contributed by atoms with Crippen molar-refractivity contribution in [3.05, 3.63) is 36.5 Å². The minimum Gasteiger partial charge on any atom is -0.251 e. The maximum Gasteiger partial charge on any atom is 0.108 e. The van der Waals surface area contributed by atoms with Crippen molar-refractivity contribution in [2.24, 2.45) is 0 Å². The van der Waals surface area contributed by atoms with Crippen LogP contribution in [0, 0.1) is 0 Å². The molecule has 68 valence electrons. The third kappa shape index (κ3) is 7.25. The third-order valence-corrected chi connectivity index (χ3v) is 1.30. The van der Waals surface area contributed by atoms with E-state index < -0.39 is 0 Å². The summed E-state index contributed by atoms with van der Waals surface area (Å²) in [6, 6.07) is 0. The zero-order valence-corrected chi connectivity index (χ0v) is 7.60. The van der Waals surface area contributed by atoms with E-state index in [4.69, 9.17) is 5.26 Å². The van der Waals surface area contributed by atoms with Crippen molar-refractivity contribution < 1.29 is 10.1 Å². The molecule has 2 nitrogen and oxygen atoms in total. The number of hydrogen-bond donors (Lipinski definition) is 1. The molecular formula is C10H16O2. The molecule has 2 heteroatoms. The topological polar surface area (TPSA) is 29.5 Å². The Labute approximate surface area is 73.8 Å². The van der Waals surface area contributed by atoms with E-state index in [1.54, 1.807) is 13.0 Å². The second-order valence-corrected chi connectivity index (χ2v) is 2.43. The van der Waals surface area contributed by atoms with Gasteiger partial charge in [-0.25, -0.2) is 4.89 Å². The molecule has 0 fully saturated rings. The minimum absolute atomic E-state index is 0.239. The lowest BCUT2D eigenvalue weighted by Crippen LogP contribution is -1.98. The Hall–Kier alpha value is -0.860. The Morgan fingerprint density at radius 2 is 2.08 bits per heavy atom. The van der Waals surface area contributed by atoms with Crippen molar-refractivity contribution in [2.75, 3.05) is 0 Å². The standard InChI is InChI=1S/C10H16O2/c1-3-4-5-6-7-8-9-10(2)12-11/h3-4,6-11H,5H2,1-2H3. The van der Waals surface area contributed by atoms with Crippen LogP contribution in [0.1, 0.15) is 20.3 Å². The SMILES string of the molecule is CC=CCC=CC=CC(C)OO. The first-order valence-electron chi connectivity index (χ1n) is 4.06. The van der Waals surface area contributed by atoms with Gasteiger partial charge in [0.25, 0.3) is 0 Å². The first-order chi connectivity index (χ1) is 5.81. The summed E-state index contributed by atoms with van der Waals surface area (Å²) < 4.78 is 0. The van der Waals surface area contributed by atoms with Crippen LogP contribution in [0.5, 0.6) is 0 Å². The Kier molecular flexibility index (Phi) is 7.65. The van der Waals surface area contributed by atoms with E-state index in [0.717, 1.165) is 6.42 Å². The third-order valence-electron chi connectivity index (χ3n) is 1.30. The lowest BCUT2D eigenvalue weighted by Gasteiger charge is -1.96. The van der Waals surface area contributed by atoms with Gasteiger partial charge in [0.15, 0.2) is 0 Å². The normalized spacial score (nSPS) is 15.2. The predicted octanol–water partition coefficient (Wildman–Crippen LogP) is 2.94. The molecule has 0 aliphatic rings. The van der Waals surface area contributed by atoms with E-state index in [1.807, 2.05) is 31.2 Å². The molecule has 0 aliphatic carbocycles. The quantitative estimate of drug-likeness (QED) is 0.296. The molecule has 12 heavy (non-hydrogen) atoms. The average Bonchev–Trinajstić information content (AvgIpc) is 2.10. The van der Waals surface area contributed by atoms with Crippen LogP contribution in [0.2, 0.25) is 0 Å². The van der Waals surface area contributed by atoms with Gasteiger partial charge >= 0.3 is 0 Å². The zero-order valence-electron chi connectivity index (χ0n) is 7.60. The van der Waals surface area contributed by atoms with Gasteiger partial charge in [0, 0.05) is 0 Å². The van der Waals surface area contributed by atoms with Crippen molar-refractivity contribution in [3.63, 3.8) is 0 Å². The Balaban J connectivity index is 3.51. The van der Waals surface area contributed by atoms with E-state index in [9.17, 15) is 0 Å². The van der Waals surface area contributed by atoms with Gasteiger partial charge in [0.1, 0.15) is 6.10 Å². The highest BCUT2D eigenvalue weighted by Crippen LogP contribution is 1.91. The van der Waals surface area contributed by atoms with Crippen LogP contribution >= 0.6 is 0 Å². The van der Waals surface area contributed by atoms with Crippen LogP contribution in [0.25, 0.3) is 0 Å². The fourth-order valence-corrected chi connectivity index (χ4v) is 0.628. The molecule has 0 radical (unpaired) electrons. The maximum atomic E-state index is 8.19. The summed E-state index contributed by atoms with van der Waals surface area (Å²) >= 11 is 0. The number of rotatable bonds is 5. The average molecular weight is 168 g/mol. The van der Waals surface area contributed by atoms with Crippen LogP contribution in [-0.4, -0.2) is 11.4 Å². The first-order valence-corrected chi connectivity index (χ1v) is 4.06. The van der Waals surface area contributed by atoms with Crippen LogP contribution in [0.4, 0.5) is 0 Å². The molecule has 0 aromatic rings. The van der Waals surface area contributed by atoms with Crippen molar-refractivity contribution in [3.8, 4) is 0 Å². The summed E-state index contributed by atoms with van der Waals surface area (Å²) in [6.45, 7) is 3.75. The van der Waals surface area contributed by atoms with E-state index in [1.165, 1.54) is 0 Å². The van der Waals surface area contributed by atoms with Crippen LogP contribution < -0.4 is 0 Å². The van der Waals surface area contributed by atoms with E-state index in [0.29, 0.717) is 0 Å². The highest BCUT2D eigenvalue weighted by molar-refractivity contribution is 5.06. The summed E-state index contributed by atoms with van der Waals surface area (Å²) in [5.74, 6) is 0. The Morgan fingerprint density at radius 1 is 1.33 bits per heavy atom. The summed E-state index contributed by atoms with van der Waals surface area (Å²) in [6.07, 6.45) is 12.3. The highest BCUT2D eigenvalue weighted by Gasteiger charge is 1.89. The van der Waals surface area contributed by atoms with Gasteiger partial charge in [-0.3, -0.25) is 5.26 Å². The van der Waals surface area contributed by atoms with Crippen molar-refractivity contribution >= 4 is 0 Å². The molecule has 0 heterocycles. The van der Waals surface area contributed by atoms with E-state index in [-0.39, 0.29) is 6.10 Å². The molecule has 0 aliphatic heterocycles. The van der Waals surface area contributed by atoms with Crippen molar-refractivity contribution in [1.29, 1.82) is 0 Å². The van der Waals surface area contributed by atoms with Gasteiger partial charge in [-0.2, -0.15) is 0 Å². The number of hydrogen-bond acceptors (Lipinski definition) is 2. The Morgan fingerprint density at radius 3 is 2.67 bits per heavy atom. The Bertz CT molecular complexity index is 169. The lowest BCUT2D eigenvalue weighted by atomic mass is 10.3. The summed E-state index contributed by atoms with van der Waals surface area (Å²) in [4.78, 5) is 4.04. The summed E-state index contributed by atoms with van der Waals surface area (Å²) in [5.41, 5.74) is 0. The lowest BCUT2D eigenvalue weighted by molar-refractivity contribution is -0.261. The molecule has 0 saturated carbocycles.